The summed E-state index contributed by atoms with van der Waals surface area (Å²) in [6, 6.07) is 7.43. The summed E-state index contributed by atoms with van der Waals surface area (Å²) in [4.78, 5) is 11.5. The number of nitrogens with zero attached hydrogens (tertiary/aromatic N) is 3. The number of benzene rings is 1. The van der Waals surface area contributed by atoms with Gasteiger partial charge in [0.15, 0.2) is 5.82 Å². The van der Waals surface area contributed by atoms with Crippen LogP contribution in [-0.2, 0) is 0 Å². The predicted molar refractivity (Wildman–Crippen MR) is 69.0 cm³/mol. The van der Waals surface area contributed by atoms with E-state index in [1.54, 1.807) is 18.2 Å². The van der Waals surface area contributed by atoms with E-state index >= 15 is 0 Å². The third-order valence-electron chi connectivity index (χ3n) is 2.00. The SMILES string of the molecule is Nc1nc(N)nc(C=Cc2ccccc2Cl)n1. The molecule has 4 N–H and O–H groups in total. The first-order valence-corrected chi connectivity index (χ1v) is 5.22. The quantitative estimate of drug-likeness (QED) is 0.845. The summed E-state index contributed by atoms with van der Waals surface area (Å²) in [6.45, 7) is 0. The molecule has 1 heterocycles. The Labute approximate surface area is 103 Å². The number of anilines is 2. The van der Waals surface area contributed by atoms with Crippen LogP contribution in [0.5, 0.6) is 0 Å². The molecule has 2 aromatic rings. The molecule has 0 radical (unpaired) electrons. The first-order chi connectivity index (χ1) is 8.15. The fourth-order valence-corrected chi connectivity index (χ4v) is 1.47. The number of nitrogens with two attached hydrogens (primary N) is 2. The lowest BCUT2D eigenvalue weighted by atomic mass is 10.2. The summed E-state index contributed by atoms with van der Waals surface area (Å²) >= 11 is 6.00. The minimum Gasteiger partial charge on any atom is -0.368 e. The molecule has 0 unspecified atom stereocenters. The van der Waals surface area contributed by atoms with Crippen molar-refractivity contribution in [2.45, 2.75) is 0 Å². The van der Waals surface area contributed by atoms with Crippen molar-refractivity contribution in [3.8, 4) is 0 Å². The number of rotatable bonds is 2. The number of nitrogen functional groups attached to an aromatic ring is 2. The van der Waals surface area contributed by atoms with Crippen LogP contribution in [0, 0.1) is 0 Å². The van der Waals surface area contributed by atoms with Crippen LogP contribution >= 0.6 is 11.6 Å². The van der Waals surface area contributed by atoms with Gasteiger partial charge < -0.3 is 11.5 Å². The van der Waals surface area contributed by atoms with Crippen LogP contribution in [0.25, 0.3) is 12.2 Å². The third kappa shape index (κ3) is 2.92. The topological polar surface area (TPSA) is 90.7 Å². The van der Waals surface area contributed by atoms with Gasteiger partial charge in [-0.2, -0.15) is 15.0 Å². The summed E-state index contributed by atoms with van der Waals surface area (Å²) < 4.78 is 0. The maximum Gasteiger partial charge on any atom is 0.225 e. The van der Waals surface area contributed by atoms with E-state index in [-0.39, 0.29) is 11.9 Å². The average Bonchev–Trinajstić information content (AvgIpc) is 2.27. The molecule has 0 bridgehead atoms. The Bertz CT molecular complexity index is 547. The van der Waals surface area contributed by atoms with E-state index in [4.69, 9.17) is 23.1 Å². The normalized spacial score (nSPS) is 10.9. The van der Waals surface area contributed by atoms with Crippen LogP contribution in [0.15, 0.2) is 24.3 Å². The van der Waals surface area contributed by atoms with E-state index in [2.05, 4.69) is 15.0 Å². The maximum atomic E-state index is 6.00. The zero-order valence-electron chi connectivity index (χ0n) is 8.84. The summed E-state index contributed by atoms with van der Waals surface area (Å²) in [5.41, 5.74) is 11.8. The Morgan fingerprint density at radius 3 is 2.24 bits per heavy atom. The third-order valence-corrected chi connectivity index (χ3v) is 2.35. The molecule has 5 nitrogen and oxygen atoms in total. The van der Waals surface area contributed by atoms with E-state index in [0.717, 1.165) is 5.56 Å². The van der Waals surface area contributed by atoms with Gasteiger partial charge >= 0.3 is 0 Å². The molecule has 0 atom stereocenters. The molecule has 0 aliphatic heterocycles. The average molecular weight is 248 g/mol. The van der Waals surface area contributed by atoms with Crippen molar-refractivity contribution in [1.29, 1.82) is 0 Å². The van der Waals surface area contributed by atoms with Crippen molar-refractivity contribution in [2.24, 2.45) is 0 Å². The molecule has 0 aliphatic rings. The molecule has 0 amide bonds. The lowest BCUT2D eigenvalue weighted by Crippen LogP contribution is -2.04. The van der Waals surface area contributed by atoms with Gasteiger partial charge in [0.2, 0.25) is 11.9 Å². The van der Waals surface area contributed by atoms with E-state index in [9.17, 15) is 0 Å². The van der Waals surface area contributed by atoms with Crippen LogP contribution in [0.4, 0.5) is 11.9 Å². The number of aromatic nitrogens is 3. The summed E-state index contributed by atoms with van der Waals surface area (Å²) in [5.74, 6) is 0.586. The van der Waals surface area contributed by atoms with Gasteiger partial charge in [0.05, 0.1) is 0 Å². The number of hydrogen-bond donors (Lipinski definition) is 2. The van der Waals surface area contributed by atoms with E-state index in [0.29, 0.717) is 10.8 Å². The van der Waals surface area contributed by atoms with Gasteiger partial charge in [0, 0.05) is 5.02 Å². The monoisotopic (exact) mass is 247 g/mol. The van der Waals surface area contributed by atoms with Crippen LogP contribution in [0.2, 0.25) is 5.02 Å². The van der Waals surface area contributed by atoms with E-state index in [1.165, 1.54) is 0 Å². The molecule has 17 heavy (non-hydrogen) atoms. The predicted octanol–water partition coefficient (Wildman–Crippen LogP) is 1.86. The molecule has 2 rings (SSSR count). The zero-order chi connectivity index (χ0) is 12.3. The minimum absolute atomic E-state index is 0.0938. The number of halogens is 1. The lowest BCUT2D eigenvalue weighted by molar-refractivity contribution is 1.06. The van der Waals surface area contributed by atoms with Crippen molar-refractivity contribution in [3.05, 3.63) is 40.7 Å². The Hall–Kier alpha value is -2.14. The van der Waals surface area contributed by atoms with Gasteiger partial charge in [-0.05, 0) is 23.8 Å². The fraction of sp³-hybridized carbons (Fsp3) is 0. The highest BCUT2D eigenvalue weighted by molar-refractivity contribution is 6.32. The molecular formula is C11H10ClN5. The van der Waals surface area contributed by atoms with Gasteiger partial charge in [-0.25, -0.2) is 0 Å². The fourth-order valence-electron chi connectivity index (χ4n) is 1.28. The molecule has 0 fully saturated rings. The standard InChI is InChI=1S/C11H10ClN5/c12-8-4-2-1-3-7(8)5-6-9-15-10(13)17-11(14)16-9/h1-6H,(H4,13,14,15,16,17). The van der Waals surface area contributed by atoms with Gasteiger partial charge in [0.1, 0.15) is 0 Å². The summed E-state index contributed by atoms with van der Waals surface area (Å²) in [5, 5.41) is 0.652. The smallest absolute Gasteiger partial charge is 0.225 e. The van der Waals surface area contributed by atoms with Crippen molar-refractivity contribution in [3.63, 3.8) is 0 Å². The van der Waals surface area contributed by atoms with E-state index < -0.39 is 0 Å². The Morgan fingerprint density at radius 1 is 0.941 bits per heavy atom. The van der Waals surface area contributed by atoms with Crippen LogP contribution in [0.3, 0.4) is 0 Å². The molecule has 0 saturated carbocycles. The second-order valence-electron chi connectivity index (χ2n) is 3.26. The van der Waals surface area contributed by atoms with Crippen molar-refractivity contribution in [2.75, 3.05) is 11.5 Å². The number of hydrogen-bond acceptors (Lipinski definition) is 5. The van der Waals surface area contributed by atoms with Gasteiger partial charge in [0.25, 0.3) is 0 Å². The highest BCUT2D eigenvalue weighted by Gasteiger charge is 1.98. The second-order valence-corrected chi connectivity index (χ2v) is 3.67. The first kappa shape index (κ1) is 11.3. The summed E-state index contributed by atoms with van der Waals surface area (Å²) in [7, 11) is 0. The maximum absolute atomic E-state index is 6.00. The van der Waals surface area contributed by atoms with Gasteiger partial charge in [-0.3, -0.25) is 0 Å². The van der Waals surface area contributed by atoms with Crippen LogP contribution in [-0.4, -0.2) is 15.0 Å². The van der Waals surface area contributed by atoms with Crippen LogP contribution < -0.4 is 11.5 Å². The summed E-state index contributed by atoms with van der Waals surface area (Å²) in [6.07, 6.45) is 3.46. The first-order valence-electron chi connectivity index (χ1n) is 4.85. The molecule has 1 aromatic heterocycles. The molecule has 0 spiro atoms. The van der Waals surface area contributed by atoms with Crippen molar-refractivity contribution < 1.29 is 0 Å². The van der Waals surface area contributed by atoms with Crippen LogP contribution in [0.1, 0.15) is 11.4 Å². The molecule has 0 saturated heterocycles. The Balaban J connectivity index is 2.29. The van der Waals surface area contributed by atoms with Gasteiger partial charge in [-0.1, -0.05) is 29.8 Å². The molecule has 1 aromatic carbocycles. The lowest BCUT2D eigenvalue weighted by Gasteiger charge is -1.98. The zero-order valence-corrected chi connectivity index (χ0v) is 9.59. The largest absolute Gasteiger partial charge is 0.368 e. The minimum atomic E-state index is 0.0938. The highest BCUT2D eigenvalue weighted by atomic mass is 35.5. The Kier molecular flexibility index (Phi) is 3.20. The van der Waals surface area contributed by atoms with Gasteiger partial charge in [-0.15, -0.1) is 0 Å². The van der Waals surface area contributed by atoms with Crippen molar-refractivity contribution in [1.82, 2.24) is 15.0 Å². The molecule has 0 aliphatic carbocycles. The van der Waals surface area contributed by atoms with Crippen molar-refractivity contribution >= 4 is 35.6 Å². The molecule has 6 heteroatoms. The second kappa shape index (κ2) is 4.80. The van der Waals surface area contributed by atoms with E-state index in [1.807, 2.05) is 18.2 Å². The molecule has 86 valence electrons. The molecular weight excluding hydrogens is 238 g/mol. The highest BCUT2D eigenvalue weighted by Crippen LogP contribution is 2.17. The Morgan fingerprint density at radius 2 is 1.59 bits per heavy atom.